The summed E-state index contributed by atoms with van der Waals surface area (Å²) in [6.07, 6.45) is 6.17. The van der Waals surface area contributed by atoms with Crippen LogP contribution in [0, 0.1) is 5.92 Å². The van der Waals surface area contributed by atoms with Crippen molar-refractivity contribution in [1.82, 2.24) is 9.62 Å². The number of amides is 1. The summed E-state index contributed by atoms with van der Waals surface area (Å²) in [5.74, 6) is -0.361. The molecule has 4 rings (SSSR count). The number of sulfonamides is 1. The molecule has 1 aromatic carbocycles. The fraction of sp³-hybridized carbons (Fsp3) is 0.500. The Labute approximate surface area is 177 Å². The normalized spacial score (nSPS) is 21.3. The van der Waals surface area contributed by atoms with Gasteiger partial charge in [0.2, 0.25) is 5.91 Å². The first-order valence-corrected chi connectivity index (χ1v) is 12.7. The van der Waals surface area contributed by atoms with Gasteiger partial charge in [-0.15, -0.1) is 11.3 Å². The van der Waals surface area contributed by atoms with Crippen molar-refractivity contribution in [1.29, 1.82) is 0 Å². The van der Waals surface area contributed by atoms with E-state index in [0.29, 0.717) is 17.2 Å². The van der Waals surface area contributed by atoms with Crippen molar-refractivity contribution in [2.75, 3.05) is 13.1 Å². The lowest BCUT2D eigenvalue weighted by molar-refractivity contribution is -0.126. The molecule has 29 heavy (non-hydrogen) atoms. The van der Waals surface area contributed by atoms with Crippen LogP contribution in [-0.2, 0) is 27.7 Å². The van der Waals surface area contributed by atoms with Gasteiger partial charge >= 0.3 is 0 Å². The molecule has 1 fully saturated rings. The minimum Gasteiger partial charge on any atom is -0.349 e. The maximum Gasteiger partial charge on any atom is 0.252 e. The van der Waals surface area contributed by atoms with E-state index in [4.69, 9.17) is 0 Å². The molecule has 5 nitrogen and oxygen atoms in total. The van der Waals surface area contributed by atoms with Gasteiger partial charge in [0.1, 0.15) is 4.21 Å². The van der Waals surface area contributed by atoms with E-state index in [2.05, 4.69) is 23.5 Å². The fourth-order valence-electron chi connectivity index (χ4n) is 4.35. The molecule has 1 amide bonds. The van der Waals surface area contributed by atoms with Gasteiger partial charge in [-0.2, -0.15) is 4.31 Å². The Morgan fingerprint density at radius 2 is 1.97 bits per heavy atom. The van der Waals surface area contributed by atoms with Crippen LogP contribution in [0.15, 0.2) is 39.9 Å². The Morgan fingerprint density at radius 1 is 1.17 bits per heavy atom. The Kier molecular flexibility index (Phi) is 6.08. The number of thiophene rings is 1. The van der Waals surface area contributed by atoms with Crippen molar-refractivity contribution in [3.8, 4) is 0 Å². The standard InChI is InChI=1S/C22H28N2O3S2/c1-16(18-11-10-17-6-2-3-7-19(17)14-18)23-22(25)20-8-4-12-24(15-20)29(26,27)21-9-5-13-28-21/h5,9-11,13-14,16,20H,2-4,6-8,12,15H2,1H3,(H,23,25)/t16-,20-/m1/s1. The second-order valence-electron chi connectivity index (χ2n) is 8.10. The first-order chi connectivity index (χ1) is 13.9. The number of carbonyl (C=O) groups is 1. The highest BCUT2D eigenvalue weighted by Gasteiger charge is 2.34. The zero-order valence-corrected chi connectivity index (χ0v) is 18.4. The number of benzene rings is 1. The molecule has 1 aliphatic carbocycles. The minimum absolute atomic E-state index is 0.0544. The summed E-state index contributed by atoms with van der Waals surface area (Å²) in [7, 11) is -3.50. The van der Waals surface area contributed by atoms with Gasteiger partial charge in [0.05, 0.1) is 12.0 Å². The fourth-order valence-corrected chi connectivity index (χ4v) is 7.02. The Morgan fingerprint density at radius 3 is 2.72 bits per heavy atom. The summed E-state index contributed by atoms with van der Waals surface area (Å²) in [5, 5.41) is 4.89. The SMILES string of the molecule is C[C@@H](NC(=O)[C@@H]1CCCN(S(=O)(=O)c2cccs2)C1)c1ccc2c(c1)CCCC2. The maximum atomic E-state index is 12.9. The molecule has 7 heteroatoms. The smallest absolute Gasteiger partial charge is 0.252 e. The molecule has 156 valence electrons. The van der Waals surface area contributed by atoms with Crippen molar-refractivity contribution in [3.05, 3.63) is 52.4 Å². The molecule has 1 aromatic heterocycles. The number of piperidine rings is 1. The van der Waals surface area contributed by atoms with Crippen molar-refractivity contribution < 1.29 is 13.2 Å². The molecule has 2 atom stereocenters. The summed E-state index contributed by atoms with van der Waals surface area (Å²) in [6, 6.07) is 9.83. The van der Waals surface area contributed by atoms with Gasteiger partial charge in [-0.25, -0.2) is 8.42 Å². The van der Waals surface area contributed by atoms with Crippen LogP contribution < -0.4 is 5.32 Å². The summed E-state index contributed by atoms with van der Waals surface area (Å²) >= 11 is 1.22. The third kappa shape index (κ3) is 4.42. The molecule has 2 aliphatic rings. The topological polar surface area (TPSA) is 66.5 Å². The van der Waals surface area contributed by atoms with E-state index in [9.17, 15) is 13.2 Å². The van der Waals surface area contributed by atoms with Crippen LogP contribution in [0.1, 0.15) is 55.3 Å². The largest absolute Gasteiger partial charge is 0.349 e. The van der Waals surface area contributed by atoms with Crippen molar-refractivity contribution in [2.45, 2.75) is 55.7 Å². The average molecular weight is 433 g/mol. The number of nitrogens with zero attached hydrogens (tertiary/aromatic N) is 1. The van der Waals surface area contributed by atoms with E-state index in [1.807, 2.05) is 6.92 Å². The van der Waals surface area contributed by atoms with Crippen molar-refractivity contribution in [2.24, 2.45) is 5.92 Å². The number of carbonyl (C=O) groups excluding carboxylic acids is 1. The van der Waals surface area contributed by atoms with Crippen LogP contribution in [0.4, 0.5) is 0 Å². The third-order valence-electron chi connectivity index (χ3n) is 6.08. The molecule has 0 bridgehead atoms. The number of hydrogen-bond acceptors (Lipinski definition) is 4. The quantitative estimate of drug-likeness (QED) is 0.779. The van der Waals surface area contributed by atoms with Gasteiger partial charge in [-0.05, 0) is 73.6 Å². The van der Waals surface area contributed by atoms with Crippen LogP contribution in [0.25, 0.3) is 0 Å². The number of aryl methyl sites for hydroxylation is 2. The van der Waals surface area contributed by atoms with Crippen LogP contribution >= 0.6 is 11.3 Å². The van der Waals surface area contributed by atoms with Gasteiger partial charge in [0, 0.05) is 13.1 Å². The van der Waals surface area contributed by atoms with E-state index in [1.54, 1.807) is 17.5 Å². The molecule has 0 unspecified atom stereocenters. The first-order valence-electron chi connectivity index (χ1n) is 10.4. The van der Waals surface area contributed by atoms with E-state index in [0.717, 1.165) is 24.8 Å². The summed E-state index contributed by atoms with van der Waals surface area (Å²) in [4.78, 5) is 12.9. The van der Waals surface area contributed by atoms with E-state index < -0.39 is 10.0 Å². The van der Waals surface area contributed by atoms with E-state index in [1.165, 1.54) is 39.6 Å². The minimum atomic E-state index is -3.50. The zero-order valence-electron chi connectivity index (χ0n) is 16.8. The molecule has 0 spiro atoms. The van der Waals surface area contributed by atoms with Gasteiger partial charge in [0.15, 0.2) is 0 Å². The molecule has 1 aliphatic heterocycles. The molecule has 1 saturated heterocycles. The second-order valence-corrected chi connectivity index (χ2v) is 11.2. The summed E-state index contributed by atoms with van der Waals surface area (Å²) < 4.78 is 27.4. The molecule has 2 heterocycles. The summed E-state index contributed by atoms with van der Waals surface area (Å²) in [5.41, 5.74) is 3.96. The number of rotatable bonds is 5. The second kappa shape index (κ2) is 8.58. The zero-order chi connectivity index (χ0) is 20.4. The predicted molar refractivity (Wildman–Crippen MR) is 115 cm³/mol. The highest BCUT2D eigenvalue weighted by atomic mass is 32.2. The summed E-state index contributed by atoms with van der Waals surface area (Å²) in [6.45, 7) is 2.73. The van der Waals surface area contributed by atoms with Crippen LogP contribution in [-0.4, -0.2) is 31.7 Å². The van der Waals surface area contributed by atoms with Gasteiger partial charge in [-0.1, -0.05) is 24.3 Å². The highest BCUT2D eigenvalue weighted by molar-refractivity contribution is 7.91. The van der Waals surface area contributed by atoms with Crippen LogP contribution in [0.2, 0.25) is 0 Å². The Balaban J connectivity index is 1.41. The van der Waals surface area contributed by atoms with E-state index in [-0.39, 0.29) is 24.4 Å². The molecule has 2 aromatic rings. The molecule has 0 saturated carbocycles. The Bertz CT molecular complexity index is 970. The van der Waals surface area contributed by atoms with Crippen LogP contribution in [0.5, 0.6) is 0 Å². The highest BCUT2D eigenvalue weighted by Crippen LogP contribution is 2.28. The lowest BCUT2D eigenvalue weighted by atomic mass is 9.89. The molecule has 1 N–H and O–H groups in total. The number of hydrogen-bond donors (Lipinski definition) is 1. The number of nitrogens with one attached hydrogen (secondary N) is 1. The first kappa shape index (κ1) is 20.6. The molecular formula is C22H28N2O3S2. The third-order valence-corrected chi connectivity index (χ3v) is 9.31. The van der Waals surface area contributed by atoms with Crippen LogP contribution in [0.3, 0.4) is 0 Å². The average Bonchev–Trinajstić information content (AvgIpc) is 3.29. The van der Waals surface area contributed by atoms with E-state index >= 15 is 0 Å². The Hall–Kier alpha value is -1.70. The monoisotopic (exact) mass is 432 g/mol. The van der Waals surface area contributed by atoms with Gasteiger partial charge < -0.3 is 5.32 Å². The van der Waals surface area contributed by atoms with Crippen molar-refractivity contribution >= 4 is 27.3 Å². The lowest BCUT2D eigenvalue weighted by Gasteiger charge is -2.31. The predicted octanol–water partition coefficient (Wildman–Crippen LogP) is 3.91. The van der Waals surface area contributed by atoms with Gasteiger partial charge in [0.25, 0.3) is 10.0 Å². The van der Waals surface area contributed by atoms with Crippen molar-refractivity contribution in [3.63, 3.8) is 0 Å². The molecular weight excluding hydrogens is 404 g/mol. The van der Waals surface area contributed by atoms with Gasteiger partial charge in [-0.3, -0.25) is 4.79 Å². The lowest BCUT2D eigenvalue weighted by Crippen LogP contribution is -2.45. The number of fused-ring (bicyclic) bond motifs is 1. The molecule has 0 radical (unpaired) electrons. The maximum absolute atomic E-state index is 12.9.